The number of unbranched alkanes of at least 4 members (excludes halogenated alkanes) is 4. The fourth-order valence-corrected chi connectivity index (χ4v) is 3.77. The smallest absolute Gasteiger partial charge is 0.153 e. The zero-order chi connectivity index (χ0) is 19.1. The van der Waals surface area contributed by atoms with E-state index in [0.29, 0.717) is 5.82 Å². The van der Waals surface area contributed by atoms with Gasteiger partial charge in [0.25, 0.3) is 0 Å². The second-order valence-corrected chi connectivity index (χ2v) is 7.76. The number of piperidine rings is 1. The average Bonchev–Trinajstić information content (AvgIpc) is 3.08. The molecule has 4 N–H and O–H groups in total. The number of nitrogens with two attached hydrogens (primary N) is 1. The van der Waals surface area contributed by atoms with Crippen LogP contribution in [0.25, 0.3) is 11.0 Å². The Bertz CT molecular complexity index is 708. The number of anilines is 1. The van der Waals surface area contributed by atoms with Crippen LogP contribution in [-0.2, 0) is 12.8 Å². The van der Waals surface area contributed by atoms with Crippen LogP contribution >= 0.6 is 0 Å². The van der Waals surface area contributed by atoms with Crippen LogP contribution in [0.1, 0.15) is 69.8 Å². The van der Waals surface area contributed by atoms with Gasteiger partial charge in [-0.05, 0) is 45.1 Å². The normalized spacial score (nSPS) is 16.4. The number of likely N-dealkylation sites (tertiary alicyclic amines) is 1. The molecule has 1 aliphatic heterocycles. The molecule has 0 amide bonds. The Labute approximate surface area is 161 Å². The SMILES string of the molecule is CCCCc1nc(N)c2[nH]nc(CCCCCCN3CCC(O)CC3)c2n1. The Morgan fingerprint density at radius 1 is 1.07 bits per heavy atom. The van der Waals surface area contributed by atoms with E-state index in [1.807, 2.05) is 0 Å². The Morgan fingerprint density at radius 2 is 1.85 bits per heavy atom. The standard InChI is InChI=1S/C20H34N6O/c1-2-3-9-17-22-18-16(24-25-19(18)20(21)23-17)8-6-4-5-7-12-26-13-10-15(27)11-14-26/h15,27H,2-14H2,1H3,(H,24,25)(H2,21,22,23). The highest BCUT2D eigenvalue weighted by Crippen LogP contribution is 2.21. The third kappa shape index (κ3) is 5.62. The van der Waals surface area contributed by atoms with Gasteiger partial charge in [-0.25, -0.2) is 9.97 Å². The largest absolute Gasteiger partial charge is 0.393 e. The van der Waals surface area contributed by atoms with Crippen molar-refractivity contribution in [1.82, 2.24) is 25.1 Å². The predicted octanol–water partition coefficient (Wildman–Crippen LogP) is 2.84. The molecular weight excluding hydrogens is 340 g/mol. The molecule has 0 spiro atoms. The lowest BCUT2D eigenvalue weighted by atomic mass is 10.1. The lowest BCUT2D eigenvalue weighted by molar-refractivity contribution is 0.0817. The van der Waals surface area contributed by atoms with Crippen LogP contribution in [0.3, 0.4) is 0 Å². The highest BCUT2D eigenvalue weighted by Gasteiger charge is 2.16. The number of hydrogen-bond acceptors (Lipinski definition) is 6. The molecule has 0 atom stereocenters. The van der Waals surface area contributed by atoms with Gasteiger partial charge in [0.1, 0.15) is 16.9 Å². The van der Waals surface area contributed by atoms with Gasteiger partial charge in [0.2, 0.25) is 0 Å². The first-order valence-electron chi connectivity index (χ1n) is 10.6. The minimum Gasteiger partial charge on any atom is -0.393 e. The second kappa shape index (κ2) is 9.99. The van der Waals surface area contributed by atoms with Gasteiger partial charge < -0.3 is 15.7 Å². The van der Waals surface area contributed by atoms with Crippen molar-refractivity contribution in [3.05, 3.63) is 11.5 Å². The summed E-state index contributed by atoms with van der Waals surface area (Å²) >= 11 is 0. The summed E-state index contributed by atoms with van der Waals surface area (Å²) in [6, 6.07) is 0. The number of H-pyrrole nitrogens is 1. The van der Waals surface area contributed by atoms with Crippen LogP contribution in [0.2, 0.25) is 0 Å². The molecule has 0 unspecified atom stereocenters. The number of rotatable bonds is 10. The minimum absolute atomic E-state index is 0.0785. The van der Waals surface area contributed by atoms with Crippen LogP contribution in [0, 0.1) is 0 Å². The van der Waals surface area contributed by atoms with Gasteiger partial charge in [-0.15, -0.1) is 0 Å². The summed E-state index contributed by atoms with van der Waals surface area (Å²) in [5.41, 5.74) is 8.77. The van der Waals surface area contributed by atoms with Crippen LogP contribution in [0.5, 0.6) is 0 Å². The van der Waals surface area contributed by atoms with Crippen molar-refractivity contribution in [3.63, 3.8) is 0 Å². The summed E-state index contributed by atoms with van der Waals surface area (Å²) < 4.78 is 0. The van der Waals surface area contributed by atoms with Crippen LogP contribution < -0.4 is 5.73 Å². The van der Waals surface area contributed by atoms with Crippen LogP contribution in [0.15, 0.2) is 0 Å². The van der Waals surface area contributed by atoms with E-state index in [-0.39, 0.29) is 6.10 Å². The fraction of sp³-hybridized carbons (Fsp3) is 0.750. The molecule has 150 valence electrons. The van der Waals surface area contributed by atoms with E-state index in [1.165, 1.54) is 19.3 Å². The monoisotopic (exact) mass is 374 g/mol. The second-order valence-electron chi connectivity index (χ2n) is 7.76. The molecule has 0 bridgehead atoms. The first-order chi connectivity index (χ1) is 13.2. The molecule has 1 saturated heterocycles. The summed E-state index contributed by atoms with van der Waals surface area (Å²) in [5, 5.41) is 17.0. The van der Waals surface area contributed by atoms with Crippen LogP contribution in [0.4, 0.5) is 5.82 Å². The fourth-order valence-electron chi connectivity index (χ4n) is 3.77. The van der Waals surface area contributed by atoms with Gasteiger partial charge in [0, 0.05) is 19.5 Å². The summed E-state index contributed by atoms with van der Waals surface area (Å²) in [7, 11) is 0. The Morgan fingerprint density at radius 3 is 2.63 bits per heavy atom. The Balaban J connectivity index is 1.42. The zero-order valence-corrected chi connectivity index (χ0v) is 16.6. The van der Waals surface area contributed by atoms with Crippen LogP contribution in [-0.4, -0.2) is 55.9 Å². The third-order valence-corrected chi connectivity index (χ3v) is 5.51. The Hall–Kier alpha value is -1.73. The molecule has 0 aromatic carbocycles. The van der Waals surface area contributed by atoms with Gasteiger partial charge in [-0.3, -0.25) is 5.10 Å². The van der Waals surface area contributed by atoms with E-state index in [2.05, 4.69) is 27.0 Å². The summed E-state index contributed by atoms with van der Waals surface area (Å²) in [6.07, 6.45) is 10.6. The number of aliphatic hydroxyl groups is 1. The van der Waals surface area contributed by atoms with Gasteiger partial charge >= 0.3 is 0 Å². The highest BCUT2D eigenvalue weighted by molar-refractivity contribution is 5.85. The number of nitrogens with zero attached hydrogens (tertiary/aromatic N) is 4. The number of aliphatic hydroxyl groups excluding tert-OH is 1. The topological polar surface area (TPSA) is 104 Å². The maximum absolute atomic E-state index is 9.56. The molecule has 7 nitrogen and oxygen atoms in total. The number of aryl methyl sites for hydroxylation is 2. The molecule has 0 radical (unpaired) electrons. The van der Waals surface area contributed by atoms with Crippen molar-refractivity contribution < 1.29 is 5.11 Å². The maximum Gasteiger partial charge on any atom is 0.153 e. The van der Waals surface area contributed by atoms with E-state index in [9.17, 15) is 5.11 Å². The van der Waals surface area contributed by atoms with Gasteiger partial charge in [-0.1, -0.05) is 26.2 Å². The zero-order valence-electron chi connectivity index (χ0n) is 16.6. The summed E-state index contributed by atoms with van der Waals surface area (Å²) in [5.74, 6) is 1.34. The number of nitrogen functional groups attached to an aromatic ring is 1. The number of aromatic amines is 1. The molecule has 1 aliphatic rings. The first-order valence-corrected chi connectivity index (χ1v) is 10.6. The highest BCUT2D eigenvalue weighted by atomic mass is 16.3. The molecule has 2 aromatic rings. The van der Waals surface area contributed by atoms with E-state index >= 15 is 0 Å². The van der Waals surface area contributed by atoms with E-state index < -0.39 is 0 Å². The van der Waals surface area contributed by atoms with Crippen molar-refractivity contribution in [1.29, 1.82) is 0 Å². The molecule has 0 aliphatic carbocycles. The average molecular weight is 375 g/mol. The third-order valence-electron chi connectivity index (χ3n) is 5.51. The molecule has 27 heavy (non-hydrogen) atoms. The van der Waals surface area contributed by atoms with Crippen molar-refractivity contribution in [2.75, 3.05) is 25.4 Å². The minimum atomic E-state index is -0.0785. The summed E-state index contributed by atoms with van der Waals surface area (Å²) in [6.45, 7) is 5.41. The number of hydrogen-bond donors (Lipinski definition) is 3. The molecule has 3 rings (SSSR count). The molecule has 3 heterocycles. The van der Waals surface area contributed by atoms with Gasteiger partial charge in [0.05, 0.1) is 11.8 Å². The predicted molar refractivity (Wildman–Crippen MR) is 109 cm³/mol. The number of fused-ring (bicyclic) bond motifs is 1. The lowest BCUT2D eigenvalue weighted by Gasteiger charge is -2.29. The van der Waals surface area contributed by atoms with Crippen molar-refractivity contribution in [2.45, 2.75) is 77.2 Å². The summed E-state index contributed by atoms with van der Waals surface area (Å²) in [4.78, 5) is 11.6. The molecule has 2 aromatic heterocycles. The van der Waals surface area contributed by atoms with E-state index in [4.69, 9.17) is 10.7 Å². The lowest BCUT2D eigenvalue weighted by Crippen LogP contribution is -2.36. The molecule has 1 fully saturated rings. The quantitative estimate of drug-likeness (QED) is 0.553. The van der Waals surface area contributed by atoms with Crippen molar-refractivity contribution in [2.24, 2.45) is 0 Å². The molecule has 0 saturated carbocycles. The van der Waals surface area contributed by atoms with Gasteiger partial charge in [-0.2, -0.15) is 5.10 Å². The number of aromatic nitrogens is 4. The van der Waals surface area contributed by atoms with Crippen molar-refractivity contribution >= 4 is 16.9 Å². The van der Waals surface area contributed by atoms with E-state index in [0.717, 1.165) is 87.1 Å². The molecule has 7 heteroatoms. The van der Waals surface area contributed by atoms with E-state index in [1.54, 1.807) is 0 Å². The molecular formula is C20H34N6O. The van der Waals surface area contributed by atoms with Crippen molar-refractivity contribution in [3.8, 4) is 0 Å². The Kier molecular flexibility index (Phi) is 7.41. The van der Waals surface area contributed by atoms with Gasteiger partial charge in [0.15, 0.2) is 5.82 Å². The first kappa shape index (κ1) is 20.0. The number of nitrogens with one attached hydrogen (secondary N) is 1. The maximum atomic E-state index is 9.56.